The van der Waals surface area contributed by atoms with Crippen LogP contribution >= 0.6 is 11.6 Å². The van der Waals surface area contributed by atoms with Gasteiger partial charge in [0.15, 0.2) is 0 Å². The van der Waals surface area contributed by atoms with E-state index in [0.717, 1.165) is 84.2 Å². The third-order valence-electron chi connectivity index (χ3n) is 11.3. The highest BCUT2D eigenvalue weighted by Crippen LogP contribution is 2.45. The van der Waals surface area contributed by atoms with Gasteiger partial charge in [-0.3, -0.25) is 19.5 Å². The van der Waals surface area contributed by atoms with Crippen molar-refractivity contribution in [3.8, 4) is 0 Å². The highest BCUT2D eigenvalue weighted by atomic mass is 35.5. The van der Waals surface area contributed by atoms with Crippen molar-refractivity contribution in [3.63, 3.8) is 0 Å². The monoisotopic (exact) mass is 638 g/mol. The maximum absolute atomic E-state index is 14.8. The molecular formula is C32H56ClFN8O2. The van der Waals surface area contributed by atoms with Crippen molar-refractivity contribution < 1.29 is 14.0 Å². The summed E-state index contributed by atoms with van der Waals surface area (Å²) in [5, 5.41) is 6.46. The van der Waals surface area contributed by atoms with Crippen LogP contribution in [0.4, 0.5) is 4.39 Å². The molecule has 10 nitrogen and oxygen atoms in total. The van der Waals surface area contributed by atoms with E-state index in [4.69, 9.17) is 23.1 Å². The number of nitrogens with zero attached hydrogens (tertiary/aromatic N) is 4. The van der Waals surface area contributed by atoms with Gasteiger partial charge < -0.3 is 31.9 Å². The summed E-state index contributed by atoms with van der Waals surface area (Å²) in [7, 11) is 2.10. The first kappa shape index (κ1) is 34.0. The Kier molecular flexibility index (Phi) is 12.0. The molecule has 6 N–H and O–H groups in total. The number of likely N-dealkylation sites (tertiary alicyclic amines) is 1. The Balaban J connectivity index is 1.25. The lowest BCUT2D eigenvalue weighted by molar-refractivity contribution is -0.139. The fraction of sp³-hybridized carbons (Fsp3) is 0.906. The summed E-state index contributed by atoms with van der Waals surface area (Å²) < 4.78 is 14.8. The van der Waals surface area contributed by atoms with Gasteiger partial charge in [-0.25, -0.2) is 4.39 Å². The molecule has 3 saturated heterocycles. The minimum Gasteiger partial charge on any atom is -0.350 e. The van der Waals surface area contributed by atoms with Gasteiger partial charge in [0.1, 0.15) is 6.17 Å². The van der Waals surface area contributed by atoms with Gasteiger partial charge in [0.2, 0.25) is 11.8 Å². The lowest BCUT2D eigenvalue weighted by atomic mass is 9.69. The predicted octanol–water partition coefficient (Wildman–Crippen LogP) is 1.70. The van der Waals surface area contributed by atoms with E-state index >= 15 is 0 Å². The highest BCUT2D eigenvalue weighted by molar-refractivity contribution is 6.21. The average molecular weight is 639 g/mol. The standard InChI is InChI=1S/C32H56ClFN8O2/c1-40-14-16-42(17-15-40)31(44)22-7-12-41(13-8-22)28-24(33)20-37-21-26(28)39-30(43)27(29(35)36)25-18-32(9-4-2-3-5-10-32)11-6-23(34)19-38-25/h19,22-29,37H,2-18,20-21,35-36H2,1H3,(H,39,43)/b38-19-. The Morgan fingerprint density at radius 2 is 1.68 bits per heavy atom. The number of carbonyl (C=O) groups is 2. The number of piperazine rings is 1. The Morgan fingerprint density at radius 1 is 1.00 bits per heavy atom. The number of nitrogens with one attached hydrogen (secondary N) is 2. The number of piperidine rings is 2. The first-order valence-electron chi connectivity index (χ1n) is 17.2. The van der Waals surface area contributed by atoms with Crippen LogP contribution in [-0.4, -0.2) is 128 Å². The normalized spacial score (nSPS) is 34.6. The topological polar surface area (TPSA) is 132 Å². The van der Waals surface area contributed by atoms with Crippen molar-refractivity contribution in [1.29, 1.82) is 0 Å². The van der Waals surface area contributed by atoms with Gasteiger partial charge in [-0.2, -0.15) is 0 Å². The van der Waals surface area contributed by atoms with E-state index in [-0.39, 0.29) is 40.6 Å². The zero-order valence-electron chi connectivity index (χ0n) is 26.6. The van der Waals surface area contributed by atoms with Crippen molar-refractivity contribution >= 4 is 29.6 Å². The van der Waals surface area contributed by atoms with Gasteiger partial charge in [0.25, 0.3) is 0 Å². The van der Waals surface area contributed by atoms with E-state index in [1.807, 2.05) is 4.90 Å². The molecular weight excluding hydrogens is 583 g/mol. The molecule has 0 aromatic rings. The molecule has 1 saturated carbocycles. The number of likely N-dealkylation sites (N-methyl/N-ethyl adjacent to an activating group) is 1. The summed E-state index contributed by atoms with van der Waals surface area (Å²) in [5.41, 5.74) is 12.6. The quantitative estimate of drug-likeness (QED) is 0.257. The molecule has 0 aromatic carbocycles. The number of rotatable bonds is 6. The fourth-order valence-electron chi connectivity index (χ4n) is 8.58. The third-order valence-corrected chi connectivity index (χ3v) is 11.7. The largest absolute Gasteiger partial charge is 0.350 e. The van der Waals surface area contributed by atoms with Crippen LogP contribution in [0.2, 0.25) is 0 Å². The summed E-state index contributed by atoms with van der Waals surface area (Å²) in [4.78, 5) is 38.6. The minimum absolute atomic E-state index is 0.0290. The fourth-order valence-corrected chi connectivity index (χ4v) is 9.02. The number of alkyl halides is 2. The average Bonchev–Trinajstić information content (AvgIpc) is 3.24. The van der Waals surface area contributed by atoms with Crippen LogP contribution in [0.3, 0.4) is 0 Å². The van der Waals surface area contributed by atoms with Gasteiger partial charge in [-0.15, -0.1) is 11.6 Å². The first-order chi connectivity index (χ1) is 21.2. The Labute approximate surface area is 268 Å². The molecule has 4 fully saturated rings. The second-order valence-corrected chi connectivity index (χ2v) is 14.9. The maximum atomic E-state index is 14.8. The number of carbonyl (C=O) groups excluding carboxylic acids is 2. The maximum Gasteiger partial charge on any atom is 0.228 e. The number of hydrogen-bond acceptors (Lipinski definition) is 8. The van der Waals surface area contributed by atoms with Gasteiger partial charge in [-0.1, -0.05) is 25.7 Å². The smallest absolute Gasteiger partial charge is 0.228 e. The molecule has 1 spiro atoms. The summed E-state index contributed by atoms with van der Waals surface area (Å²) >= 11 is 6.94. The minimum atomic E-state index is -1.12. The molecule has 6 unspecified atom stereocenters. The number of hydrogen-bond donors (Lipinski definition) is 4. The van der Waals surface area contributed by atoms with E-state index in [2.05, 4.69) is 32.5 Å². The lowest BCUT2D eigenvalue weighted by Crippen LogP contribution is -2.67. The molecule has 6 atom stereocenters. The number of halogens is 2. The SMILES string of the molecule is CN1CCN(C(=O)C2CCN(C3C(Cl)CNCC3NC(=O)C(C(N)N)C3CC4(CCCCCC4)CCC(F)/C=N\3)CC2)CC1. The van der Waals surface area contributed by atoms with Crippen LogP contribution in [-0.2, 0) is 9.59 Å². The second-order valence-electron chi connectivity index (χ2n) is 14.4. The zero-order valence-corrected chi connectivity index (χ0v) is 27.4. The highest BCUT2D eigenvalue weighted by Gasteiger charge is 2.44. The van der Waals surface area contributed by atoms with Crippen molar-refractivity contribution in [2.75, 3.05) is 59.4 Å². The van der Waals surface area contributed by atoms with Gasteiger partial charge >= 0.3 is 0 Å². The van der Waals surface area contributed by atoms with Crippen LogP contribution in [0.1, 0.15) is 70.6 Å². The van der Waals surface area contributed by atoms with Crippen molar-refractivity contribution in [2.45, 2.75) is 106 Å². The van der Waals surface area contributed by atoms with Crippen LogP contribution in [0.5, 0.6) is 0 Å². The molecule has 0 radical (unpaired) electrons. The Hall–Kier alpha value is -1.37. The molecule has 2 amide bonds. The van der Waals surface area contributed by atoms with Crippen LogP contribution in [0.25, 0.3) is 0 Å². The molecule has 5 aliphatic rings. The molecule has 12 heteroatoms. The molecule has 250 valence electrons. The Bertz CT molecular complexity index is 979. The van der Waals surface area contributed by atoms with Gasteiger partial charge in [0, 0.05) is 57.4 Å². The van der Waals surface area contributed by atoms with Crippen LogP contribution in [0, 0.1) is 17.3 Å². The molecule has 0 bridgehead atoms. The molecule has 5 rings (SSSR count). The van der Waals surface area contributed by atoms with E-state index in [9.17, 15) is 14.0 Å². The van der Waals surface area contributed by atoms with Crippen LogP contribution in [0.15, 0.2) is 4.99 Å². The summed E-state index contributed by atoms with van der Waals surface area (Å²) in [6, 6.07) is -0.798. The summed E-state index contributed by atoms with van der Waals surface area (Å²) in [6.07, 6.45) is 9.64. The number of aliphatic imine (C=N–C) groups is 1. The molecule has 0 aromatic heterocycles. The van der Waals surface area contributed by atoms with E-state index in [1.165, 1.54) is 19.1 Å². The molecule has 44 heavy (non-hydrogen) atoms. The number of nitrogens with two attached hydrogens (primary N) is 2. The van der Waals surface area contributed by atoms with E-state index in [1.54, 1.807) is 0 Å². The molecule has 1 aliphatic carbocycles. The predicted molar refractivity (Wildman–Crippen MR) is 173 cm³/mol. The van der Waals surface area contributed by atoms with Crippen LogP contribution < -0.4 is 22.1 Å². The zero-order chi connectivity index (χ0) is 31.3. The number of amides is 2. The van der Waals surface area contributed by atoms with Gasteiger partial charge in [-0.05, 0) is 70.5 Å². The lowest BCUT2D eigenvalue weighted by Gasteiger charge is -2.46. The second kappa shape index (κ2) is 15.5. The van der Waals surface area contributed by atoms with E-state index < -0.39 is 24.3 Å². The molecule has 4 heterocycles. The summed E-state index contributed by atoms with van der Waals surface area (Å²) in [5.74, 6) is -0.688. The first-order valence-corrected chi connectivity index (χ1v) is 17.6. The van der Waals surface area contributed by atoms with Crippen molar-refractivity contribution in [2.24, 2.45) is 33.7 Å². The Morgan fingerprint density at radius 3 is 2.34 bits per heavy atom. The summed E-state index contributed by atoms with van der Waals surface area (Å²) in [6.45, 7) is 6.18. The van der Waals surface area contributed by atoms with Crippen molar-refractivity contribution in [3.05, 3.63) is 0 Å². The third kappa shape index (κ3) is 8.31. The van der Waals surface area contributed by atoms with Gasteiger partial charge in [0.05, 0.1) is 29.5 Å². The van der Waals surface area contributed by atoms with Crippen molar-refractivity contribution in [1.82, 2.24) is 25.3 Å². The van der Waals surface area contributed by atoms with E-state index in [0.29, 0.717) is 25.9 Å². The molecule has 4 aliphatic heterocycles.